The SMILES string of the molecule is C[C@@H]1CC[C@@H](c2ccc3sc(C4CCN(C)CC4)nc3c2)N(C(=O)C(=O)Nc2cnc(N)c(C3CC3)c2)C1.C[C@H]1CC[C@H](c2ccc3sc(C4CCN(C)CC4)nc3c2)N(C(=O)C(=O)Nc2cnc(N)c(C3CC3)c2)C1. The Bertz CT molecular complexity index is 2930. The quantitative estimate of drug-likeness (QED) is 0.105. The summed E-state index contributed by atoms with van der Waals surface area (Å²) in [7, 11) is 4.36. The molecule has 4 atom stereocenters. The molecule has 0 unspecified atom stereocenters. The van der Waals surface area contributed by atoms with Crippen molar-refractivity contribution in [3.63, 3.8) is 0 Å². The number of pyridine rings is 2. The van der Waals surface area contributed by atoms with E-state index in [-0.39, 0.29) is 12.1 Å². The minimum absolute atomic E-state index is 0.145. The molecule has 2 aliphatic carbocycles. The van der Waals surface area contributed by atoms with Gasteiger partial charge in [-0.1, -0.05) is 26.0 Å². The number of carbonyl (C=O) groups is 4. The highest BCUT2D eigenvalue weighted by Gasteiger charge is 2.37. The maximum Gasteiger partial charge on any atom is 0.313 e. The van der Waals surface area contributed by atoms with E-state index in [9.17, 15) is 19.2 Å². The second-order valence-corrected chi connectivity index (χ2v) is 25.0. The molecule has 0 radical (unpaired) electrons. The number of hydrogen-bond acceptors (Lipinski definition) is 14. The molecule has 4 aromatic heterocycles. The lowest BCUT2D eigenvalue weighted by atomic mass is 9.89. The summed E-state index contributed by atoms with van der Waals surface area (Å²) < 4.78 is 2.37. The minimum Gasteiger partial charge on any atom is -0.383 e. The molecule has 0 bridgehead atoms. The summed E-state index contributed by atoms with van der Waals surface area (Å²) in [6, 6.07) is 16.2. The van der Waals surface area contributed by atoms with Crippen LogP contribution < -0.4 is 22.1 Å². The van der Waals surface area contributed by atoms with Gasteiger partial charge in [0.15, 0.2) is 0 Å². The van der Waals surface area contributed by atoms with Gasteiger partial charge in [0.1, 0.15) is 11.6 Å². The predicted molar refractivity (Wildman–Crippen MR) is 302 cm³/mol. The van der Waals surface area contributed by atoms with Crippen molar-refractivity contribution in [2.75, 3.05) is 75.5 Å². The van der Waals surface area contributed by atoms with Crippen LogP contribution in [0.15, 0.2) is 60.9 Å². The Labute approximate surface area is 453 Å². The summed E-state index contributed by atoms with van der Waals surface area (Å²) in [5.41, 5.74) is 19.1. The second-order valence-electron chi connectivity index (χ2n) is 22.9. The zero-order valence-corrected chi connectivity index (χ0v) is 45.9. The van der Waals surface area contributed by atoms with Crippen LogP contribution >= 0.6 is 22.7 Å². The maximum absolute atomic E-state index is 13.5. The summed E-state index contributed by atoms with van der Waals surface area (Å²) >= 11 is 3.59. The molecule has 4 amide bonds. The van der Waals surface area contributed by atoms with Crippen molar-refractivity contribution in [3.8, 4) is 0 Å². The fourth-order valence-corrected chi connectivity index (χ4v) is 14.1. The molecular weight excluding hydrogens is 993 g/mol. The monoisotopic (exact) mass is 1060 g/mol. The molecule has 4 aliphatic heterocycles. The molecule has 16 nitrogen and oxygen atoms in total. The molecule has 12 rings (SSSR count). The lowest BCUT2D eigenvalue weighted by molar-refractivity contribution is -0.146. The van der Waals surface area contributed by atoms with Gasteiger partial charge in [-0.25, -0.2) is 19.9 Å². The molecule has 8 heterocycles. The molecule has 2 aromatic carbocycles. The lowest BCUT2D eigenvalue weighted by Crippen LogP contribution is -2.46. The Morgan fingerprint density at radius 3 is 1.30 bits per heavy atom. The summed E-state index contributed by atoms with van der Waals surface area (Å²) in [5, 5.41) is 8.01. The Hall–Kier alpha value is -6.08. The summed E-state index contributed by atoms with van der Waals surface area (Å²) in [4.78, 5) is 80.0. The molecule has 4 saturated heterocycles. The first-order chi connectivity index (χ1) is 36.7. The zero-order valence-electron chi connectivity index (χ0n) is 44.3. The molecule has 18 heteroatoms. The number of thiazole rings is 2. The van der Waals surface area contributed by atoms with E-state index < -0.39 is 23.6 Å². The number of aromatic nitrogens is 4. The number of nitrogens with two attached hydrogens (primary N) is 2. The van der Waals surface area contributed by atoms with Crippen LogP contribution in [-0.2, 0) is 19.2 Å². The number of carbonyl (C=O) groups excluding carboxylic acids is 4. The Morgan fingerprint density at radius 2 is 0.921 bits per heavy atom. The lowest BCUT2D eigenvalue weighted by Gasteiger charge is -2.38. The van der Waals surface area contributed by atoms with Crippen molar-refractivity contribution < 1.29 is 19.2 Å². The summed E-state index contributed by atoms with van der Waals surface area (Å²) in [5.74, 6) is 1.26. The van der Waals surface area contributed by atoms with Gasteiger partial charge in [-0.05, 0) is 200 Å². The van der Waals surface area contributed by atoms with Crippen molar-refractivity contribution in [1.82, 2.24) is 39.5 Å². The molecule has 400 valence electrons. The number of benzene rings is 2. The highest BCUT2D eigenvalue weighted by atomic mass is 32.1. The summed E-state index contributed by atoms with van der Waals surface area (Å²) in [6.45, 7) is 9.83. The van der Waals surface area contributed by atoms with Crippen LogP contribution in [0.5, 0.6) is 0 Å². The zero-order chi connectivity index (χ0) is 52.8. The van der Waals surface area contributed by atoms with Crippen molar-refractivity contribution in [2.45, 2.75) is 127 Å². The fourth-order valence-electron chi connectivity index (χ4n) is 11.8. The summed E-state index contributed by atoms with van der Waals surface area (Å²) in [6.07, 6.45) is 15.6. The predicted octanol–water partition coefficient (Wildman–Crippen LogP) is 9.80. The molecule has 6 fully saturated rings. The third-order valence-corrected chi connectivity index (χ3v) is 19.2. The standard InChI is InChI=1S/2C29H36N6O2S/c2*1-17-3-7-24(20-6-8-25-23(13-20)33-28(38-25)19-9-11-34(2)12-10-19)35(16-17)29(37)27(36)32-21-14-22(18-4-5-18)26(30)31-15-21/h2*6,8,13-15,17-19,24H,3-5,7,9-12,16H2,1-2H3,(H2,30,31)(H,32,36)/t2*17-,24+/m10/s1. The number of nitrogens with zero attached hydrogens (tertiary/aromatic N) is 8. The first kappa shape index (κ1) is 52.0. The normalized spacial score (nSPS) is 23.1. The van der Waals surface area contributed by atoms with Crippen LogP contribution in [0.1, 0.15) is 159 Å². The van der Waals surface area contributed by atoms with Crippen molar-refractivity contribution in [1.29, 1.82) is 0 Å². The average molecular weight is 1070 g/mol. The highest BCUT2D eigenvalue weighted by molar-refractivity contribution is 7.19. The van der Waals surface area contributed by atoms with E-state index in [4.69, 9.17) is 21.4 Å². The van der Waals surface area contributed by atoms with Gasteiger partial charge < -0.3 is 41.7 Å². The third-order valence-electron chi connectivity index (χ3n) is 16.8. The van der Waals surface area contributed by atoms with Crippen LogP contribution in [0.25, 0.3) is 20.4 Å². The Morgan fingerprint density at radius 1 is 0.526 bits per heavy atom. The molecule has 6 N–H and O–H groups in total. The molecular formula is C58H72N12O4S2. The second kappa shape index (κ2) is 22.1. The van der Waals surface area contributed by atoms with Gasteiger partial charge in [-0.15, -0.1) is 22.7 Å². The van der Waals surface area contributed by atoms with Crippen molar-refractivity contribution in [3.05, 3.63) is 93.2 Å². The van der Waals surface area contributed by atoms with Crippen LogP contribution in [-0.4, -0.2) is 117 Å². The number of nitrogen functional groups attached to an aromatic ring is 2. The first-order valence-electron chi connectivity index (χ1n) is 27.6. The number of fused-ring (bicyclic) bond motifs is 2. The van der Waals surface area contributed by atoms with E-state index in [0.29, 0.717) is 71.6 Å². The number of amides is 4. The van der Waals surface area contributed by atoms with E-state index in [2.05, 4.69) is 94.7 Å². The molecule has 76 heavy (non-hydrogen) atoms. The van der Waals surface area contributed by atoms with E-state index in [0.717, 1.165) is 137 Å². The van der Waals surface area contributed by atoms with Gasteiger partial charge >= 0.3 is 23.6 Å². The topological polar surface area (TPSA) is 209 Å². The minimum atomic E-state index is -0.628. The molecule has 2 saturated carbocycles. The Kier molecular flexibility index (Phi) is 15.1. The van der Waals surface area contributed by atoms with Gasteiger partial charge in [0.05, 0.1) is 66.3 Å². The van der Waals surface area contributed by atoms with Gasteiger partial charge in [-0.3, -0.25) is 19.2 Å². The number of piperidine rings is 4. The Balaban J connectivity index is 0.000000162. The van der Waals surface area contributed by atoms with Gasteiger partial charge in [0, 0.05) is 24.9 Å². The van der Waals surface area contributed by atoms with Crippen LogP contribution in [0.3, 0.4) is 0 Å². The van der Waals surface area contributed by atoms with E-state index in [1.165, 1.54) is 31.8 Å². The smallest absolute Gasteiger partial charge is 0.313 e. The van der Waals surface area contributed by atoms with E-state index in [1.54, 1.807) is 32.5 Å². The number of anilines is 4. The molecule has 6 aliphatic rings. The van der Waals surface area contributed by atoms with Gasteiger partial charge in [0.2, 0.25) is 0 Å². The number of nitrogens with one attached hydrogen (secondary N) is 2. The van der Waals surface area contributed by atoms with E-state index >= 15 is 0 Å². The number of rotatable bonds is 8. The third kappa shape index (κ3) is 11.6. The fraction of sp³-hybridized carbons (Fsp3) is 0.517. The van der Waals surface area contributed by atoms with Crippen molar-refractivity contribution in [2.24, 2.45) is 11.8 Å². The average Bonchev–Trinajstić information content (AvgIpc) is 4.37. The van der Waals surface area contributed by atoms with Gasteiger partial charge in [-0.2, -0.15) is 0 Å². The van der Waals surface area contributed by atoms with Gasteiger partial charge in [0.25, 0.3) is 0 Å². The number of likely N-dealkylation sites (tertiary alicyclic amines) is 4. The number of hydrogen-bond donors (Lipinski definition) is 4. The van der Waals surface area contributed by atoms with Crippen molar-refractivity contribution >= 4 is 89.7 Å². The molecule has 6 aromatic rings. The molecule has 0 spiro atoms. The van der Waals surface area contributed by atoms with Crippen LogP contribution in [0, 0.1) is 11.8 Å². The van der Waals surface area contributed by atoms with Crippen LogP contribution in [0.4, 0.5) is 23.0 Å². The largest absolute Gasteiger partial charge is 0.383 e. The highest BCUT2D eigenvalue weighted by Crippen LogP contribution is 2.45. The first-order valence-corrected chi connectivity index (χ1v) is 29.3. The van der Waals surface area contributed by atoms with E-state index in [1.807, 2.05) is 12.1 Å². The van der Waals surface area contributed by atoms with Crippen LogP contribution in [0.2, 0.25) is 0 Å². The maximum atomic E-state index is 13.5.